The van der Waals surface area contributed by atoms with Gasteiger partial charge >= 0.3 is 5.97 Å². The molecule has 4 rings (SSSR count). The summed E-state index contributed by atoms with van der Waals surface area (Å²) in [5.41, 5.74) is 8.47. The van der Waals surface area contributed by atoms with Gasteiger partial charge in [0.2, 0.25) is 5.88 Å². The number of unbranched alkanes of at least 4 members (excludes halogenated alkanes) is 2. The number of ether oxygens (including phenoxy) is 3. The SMILES string of the molecule is CCCCCOc1cccc(C2C(C#N)=C(N)Oc3cc(OC(=O)c4ccccc4Br)ccc32)c1. The van der Waals surface area contributed by atoms with Crippen LogP contribution >= 0.6 is 15.9 Å². The van der Waals surface area contributed by atoms with Gasteiger partial charge in [0.15, 0.2) is 0 Å². The van der Waals surface area contributed by atoms with Crippen molar-refractivity contribution in [2.45, 2.75) is 32.1 Å². The number of esters is 1. The first kappa shape index (κ1) is 24.4. The molecule has 6 nitrogen and oxygen atoms in total. The van der Waals surface area contributed by atoms with Crippen LogP contribution in [-0.4, -0.2) is 12.6 Å². The highest BCUT2D eigenvalue weighted by atomic mass is 79.9. The molecule has 1 aliphatic heterocycles. The first-order valence-corrected chi connectivity index (χ1v) is 12.2. The van der Waals surface area contributed by atoms with Gasteiger partial charge in [-0.1, -0.05) is 50.1 Å². The van der Waals surface area contributed by atoms with E-state index in [0.717, 1.165) is 36.1 Å². The standard InChI is InChI=1S/C28H25BrN2O4/c1-2-3-6-14-33-19-9-7-8-18(15-19)26-22-13-12-20(16-25(22)35-27(31)23(26)17-30)34-28(32)21-10-4-5-11-24(21)29/h4-5,7-13,15-16,26H,2-3,6,14,31H2,1H3. The summed E-state index contributed by atoms with van der Waals surface area (Å²) < 4.78 is 17.9. The zero-order valence-corrected chi connectivity index (χ0v) is 20.9. The molecule has 0 spiro atoms. The number of carbonyl (C=O) groups excluding carboxylic acids is 1. The minimum absolute atomic E-state index is 0.0218. The topological polar surface area (TPSA) is 94.6 Å². The number of benzene rings is 3. The Morgan fingerprint density at radius 2 is 1.91 bits per heavy atom. The molecule has 0 aromatic heterocycles. The quantitative estimate of drug-likeness (QED) is 0.203. The van der Waals surface area contributed by atoms with Crippen LogP contribution in [-0.2, 0) is 0 Å². The lowest BCUT2D eigenvalue weighted by molar-refractivity contribution is 0.0733. The maximum absolute atomic E-state index is 12.6. The monoisotopic (exact) mass is 532 g/mol. The van der Waals surface area contributed by atoms with Gasteiger partial charge < -0.3 is 19.9 Å². The van der Waals surface area contributed by atoms with Crippen LogP contribution in [0.2, 0.25) is 0 Å². The molecule has 3 aromatic rings. The van der Waals surface area contributed by atoms with Gasteiger partial charge in [0.1, 0.15) is 28.9 Å². The number of nitrogens with zero attached hydrogens (tertiary/aromatic N) is 1. The minimum atomic E-state index is -0.501. The van der Waals surface area contributed by atoms with E-state index < -0.39 is 11.9 Å². The zero-order valence-electron chi connectivity index (χ0n) is 19.3. The Bertz CT molecular complexity index is 1310. The van der Waals surface area contributed by atoms with E-state index in [0.29, 0.717) is 33.7 Å². The lowest BCUT2D eigenvalue weighted by Crippen LogP contribution is -2.21. The highest BCUT2D eigenvalue weighted by Crippen LogP contribution is 2.44. The maximum atomic E-state index is 12.6. The number of fused-ring (bicyclic) bond motifs is 1. The number of hydrogen-bond donors (Lipinski definition) is 1. The van der Waals surface area contributed by atoms with Crippen LogP contribution in [0.25, 0.3) is 0 Å². The number of carbonyl (C=O) groups is 1. The van der Waals surface area contributed by atoms with Gasteiger partial charge in [0.05, 0.1) is 18.1 Å². The van der Waals surface area contributed by atoms with Crippen molar-refractivity contribution >= 4 is 21.9 Å². The number of rotatable bonds is 8. The fraction of sp³-hybridized carbons (Fsp3) is 0.214. The Kier molecular flexibility index (Phi) is 7.74. The average molecular weight is 533 g/mol. The van der Waals surface area contributed by atoms with E-state index in [9.17, 15) is 10.1 Å². The third kappa shape index (κ3) is 5.50. The lowest BCUT2D eigenvalue weighted by atomic mass is 9.83. The average Bonchev–Trinajstić information content (AvgIpc) is 2.86. The molecule has 0 saturated carbocycles. The zero-order chi connectivity index (χ0) is 24.8. The van der Waals surface area contributed by atoms with Crippen LogP contribution in [0, 0.1) is 11.3 Å². The van der Waals surface area contributed by atoms with Crippen molar-refractivity contribution in [3.63, 3.8) is 0 Å². The van der Waals surface area contributed by atoms with Crippen molar-refractivity contribution in [3.8, 4) is 23.3 Å². The van der Waals surface area contributed by atoms with E-state index in [2.05, 4.69) is 28.9 Å². The van der Waals surface area contributed by atoms with E-state index >= 15 is 0 Å². The van der Waals surface area contributed by atoms with E-state index in [1.165, 1.54) is 0 Å². The summed E-state index contributed by atoms with van der Waals surface area (Å²) in [4.78, 5) is 12.6. The first-order valence-electron chi connectivity index (χ1n) is 11.4. The molecular formula is C28H25BrN2O4. The summed E-state index contributed by atoms with van der Waals surface area (Å²) in [6, 6.07) is 22.0. The van der Waals surface area contributed by atoms with Gasteiger partial charge in [-0.3, -0.25) is 0 Å². The number of allylic oxidation sites excluding steroid dienone is 1. The Labute approximate surface area is 213 Å². The van der Waals surface area contributed by atoms with E-state index in [-0.39, 0.29) is 5.88 Å². The summed E-state index contributed by atoms with van der Waals surface area (Å²) in [6.45, 7) is 2.79. The van der Waals surface area contributed by atoms with Crippen molar-refractivity contribution < 1.29 is 19.0 Å². The molecular weight excluding hydrogens is 508 g/mol. The molecule has 0 amide bonds. The molecule has 178 valence electrons. The molecule has 7 heteroatoms. The van der Waals surface area contributed by atoms with Crippen LogP contribution in [0.3, 0.4) is 0 Å². The Morgan fingerprint density at radius 1 is 1.09 bits per heavy atom. The van der Waals surface area contributed by atoms with Crippen LogP contribution in [0.5, 0.6) is 17.2 Å². The summed E-state index contributed by atoms with van der Waals surface area (Å²) in [5, 5.41) is 9.84. The summed E-state index contributed by atoms with van der Waals surface area (Å²) in [5.74, 6) is 0.563. The van der Waals surface area contributed by atoms with E-state index in [1.54, 1.807) is 36.4 Å². The number of hydrogen-bond acceptors (Lipinski definition) is 6. The van der Waals surface area contributed by atoms with Crippen LogP contribution in [0.4, 0.5) is 0 Å². The minimum Gasteiger partial charge on any atom is -0.494 e. The molecule has 2 N–H and O–H groups in total. The Morgan fingerprint density at radius 3 is 2.69 bits per heavy atom. The van der Waals surface area contributed by atoms with Gasteiger partial charge in [-0.05, 0) is 58.2 Å². The first-order chi connectivity index (χ1) is 17.0. The van der Waals surface area contributed by atoms with E-state index in [4.69, 9.17) is 19.9 Å². The number of nitriles is 1. The second kappa shape index (κ2) is 11.1. The molecule has 35 heavy (non-hydrogen) atoms. The largest absolute Gasteiger partial charge is 0.494 e. The molecule has 3 aromatic carbocycles. The molecule has 1 aliphatic rings. The van der Waals surface area contributed by atoms with Crippen molar-refractivity contribution in [1.29, 1.82) is 5.26 Å². The van der Waals surface area contributed by atoms with Crippen molar-refractivity contribution in [2.75, 3.05) is 6.61 Å². The molecule has 1 atom stereocenters. The fourth-order valence-corrected chi connectivity index (χ4v) is 4.40. The highest BCUT2D eigenvalue weighted by molar-refractivity contribution is 9.10. The number of nitrogens with two attached hydrogens (primary N) is 1. The van der Waals surface area contributed by atoms with Crippen molar-refractivity contribution in [1.82, 2.24) is 0 Å². The molecule has 0 radical (unpaired) electrons. The summed E-state index contributed by atoms with van der Waals surface area (Å²) in [6.07, 6.45) is 3.22. The lowest BCUT2D eigenvalue weighted by Gasteiger charge is -2.27. The summed E-state index contributed by atoms with van der Waals surface area (Å²) >= 11 is 3.37. The molecule has 1 unspecified atom stereocenters. The second-order valence-electron chi connectivity index (χ2n) is 8.12. The van der Waals surface area contributed by atoms with Crippen LogP contribution in [0.1, 0.15) is 53.6 Å². The third-order valence-corrected chi connectivity index (χ3v) is 6.39. The van der Waals surface area contributed by atoms with Crippen molar-refractivity contribution in [3.05, 3.63) is 99.3 Å². The van der Waals surface area contributed by atoms with Crippen LogP contribution < -0.4 is 19.9 Å². The fourth-order valence-electron chi connectivity index (χ4n) is 3.96. The van der Waals surface area contributed by atoms with Gasteiger partial charge in [-0.25, -0.2) is 4.79 Å². The van der Waals surface area contributed by atoms with Gasteiger partial charge in [0, 0.05) is 16.1 Å². The smallest absolute Gasteiger partial charge is 0.344 e. The normalized spacial score (nSPS) is 14.5. The van der Waals surface area contributed by atoms with E-state index in [1.807, 2.05) is 30.3 Å². The highest BCUT2D eigenvalue weighted by Gasteiger charge is 2.31. The number of halogens is 1. The second-order valence-corrected chi connectivity index (χ2v) is 8.98. The third-order valence-electron chi connectivity index (χ3n) is 5.70. The Balaban J connectivity index is 1.63. The van der Waals surface area contributed by atoms with Gasteiger partial charge in [0.25, 0.3) is 0 Å². The molecule has 0 bridgehead atoms. The predicted octanol–water partition coefficient (Wildman–Crippen LogP) is 6.46. The molecule has 0 fully saturated rings. The Hall–Kier alpha value is -3.76. The van der Waals surface area contributed by atoms with Crippen LogP contribution in [0.15, 0.2) is 82.7 Å². The van der Waals surface area contributed by atoms with Gasteiger partial charge in [-0.15, -0.1) is 0 Å². The molecule has 0 saturated heterocycles. The van der Waals surface area contributed by atoms with Gasteiger partial charge in [-0.2, -0.15) is 5.26 Å². The molecule has 1 heterocycles. The maximum Gasteiger partial charge on any atom is 0.344 e. The van der Waals surface area contributed by atoms with Crippen molar-refractivity contribution in [2.24, 2.45) is 5.73 Å². The summed E-state index contributed by atoms with van der Waals surface area (Å²) in [7, 11) is 0. The molecule has 0 aliphatic carbocycles. The predicted molar refractivity (Wildman–Crippen MR) is 136 cm³/mol.